The van der Waals surface area contributed by atoms with Crippen LogP contribution < -0.4 is 5.32 Å². The molecule has 0 spiro atoms. The van der Waals surface area contributed by atoms with Gasteiger partial charge in [0.15, 0.2) is 0 Å². The van der Waals surface area contributed by atoms with Crippen molar-refractivity contribution in [3.8, 4) is 0 Å². The molecule has 0 saturated carbocycles. The van der Waals surface area contributed by atoms with Crippen LogP contribution in [-0.4, -0.2) is 14.1 Å². The fourth-order valence-electron chi connectivity index (χ4n) is 0. The second-order valence-electron chi connectivity index (χ2n) is 0.500. The molecule has 1 nitrogen and oxygen atoms in total. The Labute approximate surface area is 43.5 Å². The van der Waals surface area contributed by atoms with Gasteiger partial charge in [0.05, 0.1) is 0 Å². The molecular weight excluding hydrogens is 241 g/mol. The Bertz CT molecular complexity index is 9.61. The molecule has 3 heteroatoms. The fourth-order valence-corrected chi connectivity index (χ4v) is 0. The Kier molecular flexibility index (Phi) is 43.0. The summed E-state index contributed by atoms with van der Waals surface area (Å²) < 4.78 is 9.58. The molecule has 0 amide bonds. The van der Waals surface area contributed by atoms with Crippen LogP contribution in [-0.2, 0) is 20.3 Å². The third-order valence-electron chi connectivity index (χ3n) is 0. The first kappa shape index (κ1) is 9.13. The monoisotopic (exact) mass is 248 g/mol. The van der Waals surface area contributed by atoms with Crippen LogP contribution in [0.25, 0.3) is 0 Å². The van der Waals surface area contributed by atoms with Gasteiger partial charge < -0.3 is 5.32 Å². The Balaban J connectivity index is 0. The van der Waals surface area contributed by atoms with Crippen molar-refractivity contribution >= 4 is 0 Å². The molecule has 0 aliphatic rings. The molecule has 0 aromatic carbocycles. The molecule has 0 aromatic rings. The van der Waals surface area contributed by atoms with Crippen LogP contribution in [0.5, 0.6) is 0 Å². The summed E-state index contributed by atoms with van der Waals surface area (Å²) in [6.45, 7) is 0. The average Bonchev–Trinajstić information content (AvgIpc) is 1.46. The van der Waals surface area contributed by atoms with Crippen LogP contribution in [0.2, 0.25) is 0 Å². The van der Waals surface area contributed by atoms with E-state index < -0.39 is 0 Å². The average molecular weight is 248 g/mol. The number of halogens is 1. The summed E-state index contributed by atoms with van der Waals surface area (Å²) >= 11 is 0.0833. The van der Waals surface area contributed by atoms with Gasteiger partial charge in [-0.05, 0) is 14.1 Å². The van der Waals surface area contributed by atoms with E-state index in [-0.39, 0.29) is 20.3 Å². The van der Waals surface area contributed by atoms with Crippen molar-refractivity contribution in [2.75, 3.05) is 14.1 Å². The van der Waals surface area contributed by atoms with E-state index in [2.05, 4.69) is 5.32 Å². The molecule has 1 N–H and O–H groups in total. The van der Waals surface area contributed by atoms with E-state index in [0.29, 0.717) is 0 Å². The van der Waals surface area contributed by atoms with Crippen molar-refractivity contribution < 1.29 is 23.5 Å². The fraction of sp³-hybridized carbons (Fsp3) is 1.00. The summed E-state index contributed by atoms with van der Waals surface area (Å²) in [6, 6.07) is 0. The summed E-state index contributed by atoms with van der Waals surface area (Å²) in [5.41, 5.74) is 0. The number of rotatable bonds is 0. The molecule has 0 bridgehead atoms. The van der Waals surface area contributed by atoms with Crippen LogP contribution in [0.1, 0.15) is 0 Å². The molecule has 0 fully saturated rings. The topological polar surface area (TPSA) is 12.0 Å². The first-order valence-electron chi connectivity index (χ1n) is 1.15. The quantitative estimate of drug-likeness (QED) is 0.648. The van der Waals surface area contributed by atoms with Crippen LogP contribution in [0.4, 0.5) is 3.16 Å². The van der Waals surface area contributed by atoms with Gasteiger partial charge in [-0.25, -0.2) is 0 Å². The minimum atomic E-state index is 0.0833. The standard InChI is InChI=1S/C2H7N.FH.W/c1-3-2;;/h3H,1-2H3;1H;/q;;+1/p-1. The van der Waals surface area contributed by atoms with Gasteiger partial charge in [-0.3, -0.25) is 0 Å². The Hall–Kier alpha value is 0.578. The van der Waals surface area contributed by atoms with E-state index in [1.165, 1.54) is 0 Å². The van der Waals surface area contributed by atoms with Gasteiger partial charge in [0.25, 0.3) is 0 Å². The summed E-state index contributed by atoms with van der Waals surface area (Å²) in [6.07, 6.45) is 0. The van der Waals surface area contributed by atoms with Crippen molar-refractivity contribution in [1.82, 2.24) is 5.32 Å². The van der Waals surface area contributed by atoms with E-state index >= 15 is 0 Å². The molecule has 0 rings (SSSR count). The van der Waals surface area contributed by atoms with Gasteiger partial charge in [-0.2, -0.15) is 0 Å². The zero-order valence-corrected chi connectivity index (χ0v) is 6.22. The molecule has 0 atom stereocenters. The third-order valence-corrected chi connectivity index (χ3v) is 0. The normalized spacial score (nSPS) is 4.60. The second-order valence-corrected chi connectivity index (χ2v) is 0.500. The third kappa shape index (κ3) is 91.0. The van der Waals surface area contributed by atoms with Crippen LogP contribution >= 0.6 is 0 Å². The van der Waals surface area contributed by atoms with E-state index in [0.717, 1.165) is 0 Å². The van der Waals surface area contributed by atoms with Crippen molar-refractivity contribution in [1.29, 1.82) is 0 Å². The second kappa shape index (κ2) is 23.5. The number of hydrogen-bond donors (Lipinski definition) is 1. The van der Waals surface area contributed by atoms with E-state index in [1.54, 1.807) is 0 Å². The Morgan fingerprint density at radius 3 is 1.40 bits per heavy atom. The molecule has 0 aromatic heterocycles. The predicted octanol–water partition coefficient (Wildman–Crippen LogP) is 0.253. The molecular formula is C2H7FNW. The minimum absolute atomic E-state index is 0.0833. The Morgan fingerprint density at radius 1 is 1.40 bits per heavy atom. The van der Waals surface area contributed by atoms with E-state index in [4.69, 9.17) is 0 Å². The maximum atomic E-state index is 9.58. The van der Waals surface area contributed by atoms with E-state index in [1.807, 2.05) is 14.1 Å². The van der Waals surface area contributed by atoms with Gasteiger partial charge in [0.2, 0.25) is 0 Å². The van der Waals surface area contributed by atoms with E-state index in [9.17, 15) is 3.16 Å². The molecule has 0 radical (unpaired) electrons. The first-order chi connectivity index (χ1) is 2.41. The molecule has 33 valence electrons. The summed E-state index contributed by atoms with van der Waals surface area (Å²) in [5.74, 6) is 0. The van der Waals surface area contributed by atoms with Crippen molar-refractivity contribution in [3.05, 3.63) is 0 Å². The molecule has 5 heavy (non-hydrogen) atoms. The van der Waals surface area contributed by atoms with Gasteiger partial charge in [-0.1, -0.05) is 0 Å². The summed E-state index contributed by atoms with van der Waals surface area (Å²) in [4.78, 5) is 0. The van der Waals surface area contributed by atoms with Crippen LogP contribution in [0.3, 0.4) is 0 Å². The summed E-state index contributed by atoms with van der Waals surface area (Å²) in [5, 5.41) is 2.75. The zero-order valence-electron chi connectivity index (χ0n) is 3.29. The van der Waals surface area contributed by atoms with Crippen LogP contribution in [0.15, 0.2) is 0 Å². The molecule has 0 aliphatic heterocycles. The van der Waals surface area contributed by atoms with Gasteiger partial charge in [0, 0.05) is 0 Å². The summed E-state index contributed by atoms with van der Waals surface area (Å²) in [7, 11) is 3.75. The molecule has 0 heterocycles. The van der Waals surface area contributed by atoms with Crippen molar-refractivity contribution in [2.45, 2.75) is 0 Å². The maximum absolute atomic E-state index is 9.58. The van der Waals surface area contributed by atoms with Gasteiger partial charge in [0.1, 0.15) is 0 Å². The van der Waals surface area contributed by atoms with Gasteiger partial charge in [-0.15, -0.1) is 0 Å². The van der Waals surface area contributed by atoms with Crippen LogP contribution in [0, 0.1) is 0 Å². The SMILES string of the molecule is CNC.[F][W]. The van der Waals surface area contributed by atoms with Crippen molar-refractivity contribution in [2.24, 2.45) is 0 Å². The molecule has 0 unspecified atom stereocenters. The Morgan fingerprint density at radius 2 is 1.40 bits per heavy atom. The predicted molar refractivity (Wildman–Crippen MR) is 16.1 cm³/mol. The van der Waals surface area contributed by atoms with Crippen molar-refractivity contribution in [3.63, 3.8) is 0 Å². The number of nitrogens with one attached hydrogen (secondary N) is 1. The molecule has 0 saturated heterocycles. The number of hydrogen-bond acceptors (Lipinski definition) is 1. The van der Waals surface area contributed by atoms with Gasteiger partial charge >= 0.3 is 23.5 Å². The molecule has 0 aliphatic carbocycles. The zero-order chi connectivity index (χ0) is 4.71. The first-order valence-corrected chi connectivity index (χ1v) is 2.26.